The number of carbonyl (C=O) groups excluding carboxylic acids is 1. The highest BCUT2D eigenvalue weighted by molar-refractivity contribution is 5.92. The monoisotopic (exact) mass is 323 g/mol. The van der Waals surface area contributed by atoms with E-state index in [4.69, 9.17) is 4.52 Å². The Hall–Kier alpha value is -1.36. The Morgan fingerprint density at radius 2 is 2.09 bits per heavy atom. The molecule has 0 aliphatic rings. The molecule has 0 aliphatic carbocycles. The fourth-order valence-corrected chi connectivity index (χ4v) is 2.76. The van der Waals surface area contributed by atoms with Gasteiger partial charge in [0.25, 0.3) is 5.91 Å². The van der Waals surface area contributed by atoms with E-state index in [-0.39, 0.29) is 17.4 Å². The number of nitrogens with zero attached hydrogens (tertiary/aromatic N) is 2. The van der Waals surface area contributed by atoms with Gasteiger partial charge in [0.15, 0.2) is 5.69 Å². The van der Waals surface area contributed by atoms with Crippen molar-refractivity contribution in [1.29, 1.82) is 0 Å². The van der Waals surface area contributed by atoms with Crippen LogP contribution in [0.15, 0.2) is 10.6 Å². The largest absolute Gasteiger partial charge is 0.361 e. The van der Waals surface area contributed by atoms with Crippen molar-refractivity contribution in [3.63, 3.8) is 0 Å². The van der Waals surface area contributed by atoms with E-state index < -0.39 is 0 Å². The zero-order chi connectivity index (χ0) is 17.5. The molecular weight excluding hydrogens is 290 g/mol. The molecule has 5 nitrogen and oxygen atoms in total. The Bertz CT molecular complexity index is 486. The fourth-order valence-electron chi connectivity index (χ4n) is 2.76. The van der Waals surface area contributed by atoms with E-state index in [1.807, 2.05) is 6.92 Å². The van der Waals surface area contributed by atoms with Gasteiger partial charge in [-0.25, -0.2) is 0 Å². The average molecular weight is 323 g/mol. The summed E-state index contributed by atoms with van der Waals surface area (Å²) in [6, 6.07) is 1.79. The van der Waals surface area contributed by atoms with Crippen LogP contribution in [0.3, 0.4) is 0 Å². The summed E-state index contributed by atoms with van der Waals surface area (Å²) in [5, 5.41) is 6.97. The average Bonchev–Trinajstić information content (AvgIpc) is 3.03. The van der Waals surface area contributed by atoms with Gasteiger partial charge in [0.1, 0.15) is 5.76 Å². The summed E-state index contributed by atoms with van der Waals surface area (Å²) in [6.07, 6.45) is 2.89. The molecule has 1 aromatic rings. The van der Waals surface area contributed by atoms with Gasteiger partial charge in [-0.1, -0.05) is 39.8 Å². The molecule has 1 heterocycles. The van der Waals surface area contributed by atoms with E-state index in [9.17, 15) is 4.79 Å². The number of hydrogen-bond donors (Lipinski definition) is 1. The quantitative estimate of drug-likeness (QED) is 0.716. The lowest BCUT2D eigenvalue weighted by Gasteiger charge is -2.39. The van der Waals surface area contributed by atoms with Gasteiger partial charge in [-0.2, -0.15) is 0 Å². The van der Waals surface area contributed by atoms with E-state index >= 15 is 0 Å². The molecule has 1 N–H and O–H groups in total. The lowest BCUT2D eigenvalue weighted by molar-refractivity contribution is 0.0826. The van der Waals surface area contributed by atoms with Crippen molar-refractivity contribution in [3.05, 3.63) is 17.5 Å². The van der Waals surface area contributed by atoms with Crippen LogP contribution in [-0.2, 0) is 6.42 Å². The van der Waals surface area contributed by atoms with Crippen LogP contribution in [0, 0.1) is 5.41 Å². The zero-order valence-corrected chi connectivity index (χ0v) is 15.6. The van der Waals surface area contributed by atoms with Crippen LogP contribution >= 0.6 is 0 Å². The lowest BCUT2D eigenvalue weighted by Crippen LogP contribution is -2.50. The highest BCUT2D eigenvalue weighted by atomic mass is 16.5. The molecule has 0 saturated heterocycles. The molecule has 0 spiro atoms. The minimum absolute atomic E-state index is 0.0260. The third kappa shape index (κ3) is 5.34. The third-order valence-corrected chi connectivity index (χ3v) is 4.91. The van der Waals surface area contributed by atoms with E-state index in [2.05, 4.69) is 50.0 Å². The number of aryl methyl sites for hydroxylation is 1. The molecule has 0 aliphatic heterocycles. The summed E-state index contributed by atoms with van der Waals surface area (Å²) in [7, 11) is 0. The maximum atomic E-state index is 12.4. The van der Waals surface area contributed by atoms with Crippen LogP contribution in [0.5, 0.6) is 0 Å². The summed E-state index contributed by atoms with van der Waals surface area (Å²) < 4.78 is 5.12. The number of amides is 1. The lowest BCUT2D eigenvalue weighted by atomic mass is 9.79. The molecule has 23 heavy (non-hydrogen) atoms. The fraction of sp³-hybridized carbons (Fsp3) is 0.778. The van der Waals surface area contributed by atoms with Crippen LogP contribution < -0.4 is 5.32 Å². The maximum absolute atomic E-state index is 12.4. The zero-order valence-electron chi connectivity index (χ0n) is 15.6. The normalized spacial score (nSPS) is 15.4. The molecule has 1 aromatic heterocycles. The summed E-state index contributed by atoms with van der Waals surface area (Å²) in [4.78, 5) is 14.8. The Kier molecular flexibility index (Phi) is 7.76. The van der Waals surface area contributed by atoms with Crippen molar-refractivity contribution in [2.75, 3.05) is 19.6 Å². The second kappa shape index (κ2) is 9.06. The number of hydrogen-bond acceptors (Lipinski definition) is 4. The molecule has 2 unspecified atom stereocenters. The predicted octanol–water partition coefficient (Wildman–Crippen LogP) is 3.50. The van der Waals surface area contributed by atoms with Gasteiger partial charge in [-0.05, 0) is 38.3 Å². The second-order valence-electron chi connectivity index (χ2n) is 6.60. The highest BCUT2D eigenvalue weighted by Crippen LogP contribution is 2.27. The minimum atomic E-state index is -0.154. The van der Waals surface area contributed by atoms with E-state index in [0.717, 1.165) is 44.7 Å². The van der Waals surface area contributed by atoms with Crippen LogP contribution in [0.2, 0.25) is 0 Å². The van der Waals surface area contributed by atoms with Crippen LogP contribution in [0.1, 0.15) is 70.6 Å². The van der Waals surface area contributed by atoms with Gasteiger partial charge in [0.2, 0.25) is 0 Å². The topological polar surface area (TPSA) is 58.4 Å². The molecule has 0 saturated carbocycles. The van der Waals surface area contributed by atoms with Gasteiger partial charge in [0.05, 0.1) is 0 Å². The Labute approximate surface area is 140 Å². The Balaban J connectivity index is 2.74. The number of rotatable bonds is 10. The van der Waals surface area contributed by atoms with Crippen LogP contribution in [0.25, 0.3) is 0 Å². The summed E-state index contributed by atoms with van der Waals surface area (Å²) in [6.45, 7) is 16.0. The molecule has 0 aromatic carbocycles. The number of nitrogens with one attached hydrogen (secondary N) is 1. The minimum Gasteiger partial charge on any atom is -0.361 e. The highest BCUT2D eigenvalue weighted by Gasteiger charge is 2.32. The second-order valence-corrected chi connectivity index (χ2v) is 6.60. The summed E-state index contributed by atoms with van der Waals surface area (Å²) in [5.41, 5.74) is 0.395. The van der Waals surface area contributed by atoms with Crippen molar-refractivity contribution < 1.29 is 9.32 Å². The molecule has 5 heteroatoms. The Morgan fingerprint density at radius 3 is 2.57 bits per heavy atom. The predicted molar refractivity (Wildman–Crippen MR) is 93.6 cm³/mol. The van der Waals surface area contributed by atoms with E-state index in [1.165, 1.54) is 0 Å². The number of carbonyl (C=O) groups is 1. The van der Waals surface area contributed by atoms with Crippen molar-refractivity contribution >= 4 is 5.91 Å². The van der Waals surface area contributed by atoms with E-state index in [1.54, 1.807) is 6.07 Å². The van der Waals surface area contributed by atoms with Crippen LogP contribution in [-0.4, -0.2) is 41.6 Å². The van der Waals surface area contributed by atoms with Crippen molar-refractivity contribution in [2.45, 2.75) is 66.8 Å². The maximum Gasteiger partial charge on any atom is 0.273 e. The van der Waals surface area contributed by atoms with Gasteiger partial charge < -0.3 is 14.7 Å². The Morgan fingerprint density at radius 1 is 1.39 bits per heavy atom. The van der Waals surface area contributed by atoms with Crippen molar-refractivity contribution in [3.8, 4) is 0 Å². The summed E-state index contributed by atoms with van der Waals surface area (Å²) >= 11 is 0. The third-order valence-electron chi connectivity index (χ3n) is 4.91. The first-order valence-corrected chi connectivity index (χ1v) is 8.88. The molecular formula is C18H33N3O2. The van der Waals surface area contributed by atoms with Crippen molar-refractivity contribution in [1.82, 2.24) is 15.4 Å². The van der Waals surface area contributed by atoms with Crippen LogP contribution in [0.4, 0.5) is 0 Å². The molecule has 0 radical (unpaired) electrons. The molecule has 132 valence electrons. The summed E-state index contributed by atoms with van der Waals surface area (Å²) in [5.74, 6) is 0.584. The number of aromatic nitrogens is 1. The van der Waals surface area contributed by atoms with Crippen molar-refractivity contribution in [2.24, 2.45) is 5.41 Å². The molecule has 0 fully saturated rings. The smallest absolute Gasteiger partial charge is 0.273 e. The molecule has 0 bridgehead atoms. The van der Waals surface area contributed by atoms with E-state index in [0.29, 0.717) is 5.69 Å². The standard InChI is InChI=1S/C18H33N3O2/c1-7-11-21(10-4)13-18(6,9-3)14(5)19-17(22)16-12-15(8-2)23-20-16/h12,14H,7-11,13H2,1-6H3,(H,19,22). The van der Waals surface area contributed by atoms with Gasteiger partial charge in [0, 0.05) is 25.1 Å². The van der Waals surface area contributed by atoms with Gasteiger partial charge in [-0.3, -0.25) is 4.79 Å². The SMILES string of the molecule is CCCN(CC)CC(C)(CC)C(C)NC(=O)c1cc(CC)on1. The molecule has 2 atom stereocenters. The van der Waals surface area contributed by atoms with Gasteiger partial charge in [-0.15, -0.1) is 0 Å². The first-order valence-electron chi connectivity index (χ1n) is 8.88. The molecule has 1 rings (SSSR count). The van der Waals surface area contributed by atoms with Gasteiger partial charge >= 0.3 is 0 Å². The first-order chi connectivity index (χ1) is 10.9. The molecule has 1 amide bonds. The first kappa shape index (κ1) is 19.7.